The lowest BCUT2D eigenvalue weighted by Crippen LogP contribution is -2.44. The first-order chi connectivity index (χ1) is 12.3. The minimum absolute atomic E-state index is 0.0423. The number of nitrogens with zero attached hydrogens (tertiary/aromatic N) is 2. The number of hydrogen-bond donors (Lipinski definition) is 1. The molecule has 5 nitrogen and oxygen atoms in total. The largest absolute Gasteiger partial charge is 0.342 e. The van der Waals surface area contributed by atoms with Crippen LogP contribution >= 0.6 is 0 Å². The summed E-state index contributed by atoms with van der Waals surface area (Å²) < 4.78 is 39.7. The van der Waals surface area contributed by atoms with Gasteiger partial charge in [-0.15, -0.1) is 0 Å². The number of carbonyl (C=O) groups is 2. The normalized spacial score (nSPS) is 15.2. The number of hydrogen-bond acceptors (Lipinski definition) is 3. The van der Waals surface area contributed by atoms with Gasteiger partial charge in [0.15, 0.2) is 17.5 Å². The Morgan fingerprint density at radius 1 is 1.04 bits per heavy atom. The number of halogens is 3. The van der Waals surface area contributed by atoms with Gasteiger partial charge in [0.05, 0.1) is 18.8 Å². The van der Waals surface area contributed by atoms with Crippen LogP contribution in [0.2, 0.25) is 0 Å². The molecule has 1 fully saturated rings. The number of rotatable bonds is 6. The van der Waals surface area contributed by atoms with Gasteiger partial charge >= 0.3 is 0 Å². The number of carbonyl (C=O) groups excluding carboxylic acids is 2. The molecule has 1 saturated carbocycles. The summed E-state index contributed by atoms with van der Waals surface area (Å²) in [6, 6.07) is 1.92. The summed E-state index contributed by atoms with van der Waals surface area (Å²) in [6.07, 6.45) is 5.39. The monoisotopic (exact) mass is 371 g/mol. The maximum atomic E-state index is 13.6. The van der Waals surface area contributed by atoms with E-state index < -0.39 is 29.0 Å². The summed E-state index contributed by atoms with van der Waals surface area (Å²) in [4.78, 5) is 27.5. The average molecular weight is 371 g/mol. The van der Waals surface area contributed by atoms with Crippen LogP contribution in [0.15, 0.2) is 12.1 Å². The molecule has 26 heavy (non-hydrogen) atoms. The van der Waals surface area contributed by atoms with Crippen LogP contribution in [0, 0.1) is 17.5 Å². The second-order valence-electron chi connectivity index (χ2n) is 6.74. The highest BCUT2D eigenvalue weighted by Crippen LogP contribution is 2.22. The van der Waals surface area contributed by atoms with Crippen LogP contribution in [0.25, 0.3) is 0 Å². The number of anilines is 1. The summed E-state index contributed by atoms with van der Waals surface area (Å²) in [6.45, 7) is -0.136. The highest BCUT2D eigenvalue weighted by molar-refractivity contribution is 5.92. The van der Waals surface area contributed by atoms with E-state index in [1.807, 2.05) is 0 Å². The first-order valence-corrected chi connectivity index (χ1v) is 8.67. The highest BCUT2D eigenvalue weighted by atomic mass is 19.2. The Labute approximate surface area is 151 Å². The van der Waals surface area contributed by atoms with E-state index in [1.165, 1.54) is 11.3 Å². The Hall–Kier alpha value is -2.09. The van der Waals surface area contributed by atoms with Crippen molar-refractivity contribution < 1.29 is 22.8 Å². The van der Waals surface area contributed by atoms with Crippen LogP contribution in [-0.2, 0) is 9.59 Å². The average Bonchev–Trinajstić information content (AvgIpc) is 2.62. The standard InChI is InChI=1S/C18H24F3N3O2/c1-23(11-16(26)24(2)12-6-4-3-5-7-12)10-15(25)22-14-9-8-13(19)17(20)18(14)21/h8-9,12H,3-7,10-11H2,1-2H3,(H,22,25). The lowest BCUT2D eigenvalue weighted by Gasteiger charge is -2.32. The number of likely N-dealkylation sites (N-methyl/N-ethyl adjacent to an activating group) is 2. The number of benzene rings is 1. The molecule has 0 heterocycles. The summed E-state index contributed by atoms with van der Waals surface area (Å²) in [5, 5.41) is 2.19. The molecule has 1 aliphatic rings. The van der Waals surface area contributed by atoms with E-state index in [4.69, 9.17) is 0 Å². The predicted octanol–water partition coefficient (Wildman–Crippen LogP) is 2.77. The Morgan fingerprint density at radius 2 is 1.69 bits per heavy atom. The zero-order valence-electron chi connectivity index (χ0n) is 15.0. The first-order valence-electron chi connectivity index (χ1n) is 8.67. The zero-order valence-corrected chi connectivity index (χ0v) is 15.0. The van der Waals surface area contributed by atoms with Gasteiger partial charge in [-0.05, 0) is 32.0 Å². The van der Waals surface area contributed by atoms with Gasteiger partial charge in [0.2, 0.25) is 11.8 Å². The molecule has 1 aromatic rings. The molecule has 0 bridgehead atoms. The fourth-order valence-electron chi connectivity index (χ4n) is 3.13. The van der Waals surface area contributed by atoms with Crippen molar-refractivity contribution in [3.63, 3.8) is 0 Å². The van der Waals surface area contributed by atoms with Crippen molar-refractivity contribution in [1.82, 2.24) is 9.80 Å². The zero-order chi connectivity index (χ0) is 19.3. The van der Waals surface area contributed by atoms with E-state index in [2.05, 4.69) is 5.32 Å². The van der Waals surface area contributed by atoms with Gasteiger partial charge in [-0.2, -0.15) is 0 Å². The van der Waals surface area contributed by atoms with Crippen molar-refractivity contribution in [2.24, 2.45) is 0 Å². The van der Waals surface area contributed by atoms with E-state index in [9.17, 15) is 22.8 Å². The number of nitrogens with one attached hydrogen (secondary N) is 1. The third kappa shape index (κ3) is 5.20. The first kappa shape index (κ1) is 20.2. The van der Waals surface area contributed by atoms with Crippen LogP contribution in [0.1, 0.15) is 32.1 Å². The Balaban J connectivity index is 1.85. The molecule has 0 saturated heterocycles. The third-order valence-electron chi connectivity index (χ3n) is 4.64. The Kier molecular flexibility index (Phi) is 7.02. The molecule has 1 aromatic carbocycles. The van der Waals surface area contributed by atoms with Gasteiger partial charge < -0.3 is 10.2 Å². The molecule has 1 aliphatic carbocycles. The van der Waals surface area contributed by atoms with Crippen molar-refractivity contribution in [2.75, 3.05) is 32.5 Å². The summed E-state index contributed by atoms with van der Waals surface area (Å²) in [5.41, 5.74) is -0.437. The molecule has 1 N–H and O–H groups in total. The second-order valence-corrected chi connectivity index (χ2v) is 6.74. The molecule has 0 aliphatic heterocycles. The molecule has 0 radical (unpaired) electrons. The Bertz CT molecular complexity index is 663. The van der Waals surface area contributed by atoms with E-state index in [-0.39, 0.29) is 25.0 Å². The van der Waals surface area contributed by atoms with E-state index in [1.54, 1.807) is 19.0 Å². The summed E-state index contributed by atoms with van der Waals surface area (Å²) in [7, 11) is 3.36. The van der Waals surface area contributed by atoms with Crippen LogP contribution in [0.4, 0.5) is 18.9 Å². The SMILES string of the molecule is CN(CC(=O)Nc1ccc(F)c(F)c1F)CC(=O)N(C)C1CCCCC1. The van der Waals surface area contributed by atoms with Crippen molar-refractivity contribution in [3.05, 3.63) is 29.6 Å². The smallest absolute Gasteiger partial charge is 0.238 e. The maximum absolute atomic E-state index is 13.6. The van der Waals surface area contributed by atoms with Crippen LogP contribution in [0.3, 0.4) is 0 Å². The minimum Gasteiger partial charge on any atom is -0.342 e. The van der Waals surface area contributed by atoms with Gasteiger partial charge in [-0.25, -0.2) is 13.2 Å². The van der Waals surface area contributed by atoms with E-state index in [0.29, 0.717) is 0 Å². The Morgan fingerprint density at radius 3 is 2.35 bits per heavy atom. The third-order valence-corrected chi connectivity index (χ3v) is 4.64. The van der Waals surface area contributed by atoms with Crippen molar-refractivity contribution >= 4 is 17.5 Å². The fourth-order valence-corrected chi connectivity index (χ4v) is 3.13. The molecule has 0 unspecified atom stereocenters. The molecule has 0 atom stereocenters. The van der Waals surface area contributed by atoms with Gasteiger partial charge in [-0.1, -0.05) is 19.3 Å². The van der Waals surface area contributed by atoms with Gasteiger partial charge in [0.25, 0.3) is 0 Å². The van der Waals surface area contributed by atoms with Gasteiger partial charge in [-0.3, -0.25) is 14.5 Å². The van der Waals surface area contributed by atoms with Gasteiger partial charge in [0, 0.05) is 13.1 Å². The summed E-state index contributed by atoms with van der Waals surface area (Å²) >= 11 is 0. The topological polar surface area (TPSA) is 52.7 Å². The van der Waals surface area contributed by atoms with Gasteiger partial charge in [0.1, 0.15) is 0 Å². The van der Waals surface area contributed by atoms with E-state index >= 15 is 0 Å². The van der Waals surface area contributed by atoms with Crippen LogP contribution in [-0.4, -0.2) is 54.8 Å². The quantitative estimate of drug-likeness (QED) is 0.783. The maximum Gasteiger partial charge on any atom is 0.238 e. The van der Waals surface area contributed by atoms with Crippen molar-refractivity contribution in [3.8, 4) is 0 Å². The lowest BCUT2D eigenvalue weighted by atomic mass is 9.94. The molecule has 144 valence electrons. The van der Waals surface area contributed by atoms with Crippen LogP contribution in [0.5, 0.6) is 0 Å². The molecule has 2 rings (SSSR count). The minimum atomic E-state index is -1.64. The lowest BCUT2D eigenvalue weighted by molar-refractivity contribution is -0.133. The molecule has 0 aromatic heterocycles. The molecular weight excluding hydrogens is 347 g/mol. The predicted molar refractivity (Wildman–Crippen MR) is 92.1 cm³/mol. The van der Waals surface area contributed by atoms with Crippen molar-refractivity contribution in [1.29, 1.82) is 0 Å². The summed E-state index contributed by atoms with van der Waals surface area (Å²) in [5.74, 6) is -5.12. The molecule has 2 amide bonds. The van der Waals surface area contributed by atoms with Crippen molar-refractivity contribution in [2.45, 2.75) is 38.1 Å². The highest BCUT2D eigenvalue weighted by Gasteiger charge is 2.23. The molecule has 0 spiro atoms. The fraction of sp³-hybridized carbons (Fsp3) is 0.556. The second kappa shape index (κ2) is 9.02. The molecule has 8 heteroatoms. The van der Waals surface area contributed by atoms with E-state index in [0.717, 1.165) is 37.8 Å². The van der Waals surface area contributed by atoms with Crippen LogP contribution < -0.4 is 5.32 Å². The number of amides is 2. The molecular formula is C18H24F3N3O2.